The molecule has 1 unspecified atom stereocenters. The summed E-state index contributed by atoms with van der Waals surface area (Å²) in [7, 11) is 0. The molecule has 0 saturated heterocycles. The fraction of sp³-hybridized carbons (Fsp3) is 0.333. The van der Waals surface area contributed by atoms with E-state index in [2.05, 4.69) is 22.2 Å². The topological polar surface area (TPSA) is 76.9 Å². The minimum absolute atomic E-state index is 0.0721. The Labute approximate surface area is 168 Å². The number of hydrogen-bond donors (Lipinski definition) is 1. The molecule has 0 fully saturated rings. The van der Waals surface area contributed by atoms with Crippen LogP contribution in [-0.2, 0) is 4.79 Å². The van der Waals surface area contributed by atoms with E-state index < -0.39 is 0 Å². The molecule has 2 aromatic heterocycles. The molecule has 0 bridgehead atoms. The van der Waals surface area contributed by atoms with Crippen molar-refractivity contribution >= 4 is 28.6 Å². The summed E-state index contributed by atoms with van der Waals surface area (Å²) in [5.74, 6) is 0.618. The Morgan fingerprint density at radius 2 is 2.07 bits per heavy atom. The van der Waals surface area contributed by atoms with Gasteiger partial charge in [0, 0.05) is 12.2 Å². The van der Waals surface area contributed by atoms with Crippen LogP contribution in [0.1, 0.15) is 32.3 Å². The number of carbonyl (C=O) groups excluding carboxylic acids is 1. The van der Waals surface area contributed by atoms with E-state index in [4.69, 9.17) is 0 Å². The predicted molar refractivity (Wildman–Crippen MR) is 113 cm³/mol. The van der Waals surface area contributed by atoms with Gasteiger partial charge in [-0.3, -0.25) is 9.59 Å². The van der Waals surface area contributed by atoms with E-state index in [1.165, 1.54) is 16.3 Å². The van der Waals surface area contributed by atoms with Crippen molar-refractivity contribution in [1.82, 2.24) is 19.9 Å². The van der Waals surface area contributed by atoms with Crippen molar-refractivity contribution in [3.05, 3.63) is 58.5 Å². The number of aryl methyl sites for hydroxylation is 1. The van der Waals surface area contributed by atoms with E-state index in [1.54, 1.807) is 18.3 Å². The standard InChI is InChI=1S/C21H24N4O2S/c1-4-7-15(3)23-19(26)13-28-21-24-17-9-6-5-8-16(17)20(27)25(21)18-12-14(2)10-11-22-18/h5-6,8-12,15H,4,7,13H2,1-3H3,(H,23,26). The van der Waals surface area contributed by atoms with Crippen LogP contribution in [0.2, 0.25) is 0 Å². The van der Waals surface area contributed by atoms with Gasteiger partial charge in [-0.1, -0.05) is 37.2 Å². The van der Waals surface area contributed by atoms with E-state index in [1.807, 2.05) is 38.1 Å². The molecule has 3 rings (SSSR count). The first-order valence-electron chi connectivity index (χ1n) is 9.36. The van der Waals surface area contributed by atoms with E-state index in [9.17, 15) is 9.59 Å². The van der Waals surface area contributed by atoms with Crippen molar-refractivity contribution in [1.29, 1.82) is 0 Å². The molecule has 1 N–H and O–H groups in total. The fourth-order valence-corrected chi connectivity index (χ4v) is 3.82. The average Bonchev–Trinajstić information content (AvgIpc) is 2.66. The smallest absolute Gasteiger partial charge is 0.267 e. The van der Waals surface area contributed by atoms with E-state index in [0.717, 1.165) is 18.4 Å². The van der Waals surface area contributed by atoms with Crippen molar-refractivity contribution in [2.45, 2.75) is 44.8 Å². The Kier molecular flexibility index (Phi) is 6.46. The molecule has 0 radical (unpaired) electrons. The van der Waals surface area contributed by atoms with Crippen molar-refractivity contribution in [3.8, 4) is 5.82 Å². The van der Waals surface area contributed by atoms with Gasteiger partial charge in [0.2, 0.25) is 5.91 Å². The molecule has 146 valence electrons. The summed E-state index contributed by atoms with van der Waals surface area (Å²) in [6.07, 6.45) is 3.61. The molecule has 1 amide bonds. The number of fused-ring (bicyclic) bond motifs is 1. The highest BCUT2D eigenvalue weighted by molar-refractivity contribution is 7.99. The van der Waals surface area contributed by atoms with Gasteiger partial charge in [0.25, 0.3) is 5.56 Å². The molecule has 0 saturated carbocycles. The van der Waals surface area contributed by atoms with Crippen molar-refractivity contribution in [2.24, 2.45) is 0 Å². The fourth-order valence-electron chi connectivity index (χ4n) is 3.01. The first kappa shape index (κ1) is 20.1. The second-order valence-corrected chi connectivity index (χ2v) is 7.73. The van der Waals surface area contributed by atoms with Gasteiger partial charge in [0.05, 0.1) is 16.7 Å². The number of amides is 1. The molecular formula is C21H24N4O2S. The third-order valence-corrected chi connectivity index (χ3v) is 5.28. The van der Waals surface area contributed by atoms with Gasteiger partial charge in [-0.05, 0) is 50.1 Å². The average molecular weight is 397 g/mol. The third-order valence-electron chi connectivity index (χ3n) is 4.34. The first-order chi connectivity index (χ1) is 13.5. The van der Waals surface area contributed by atoms with Gasteiger partial charge in [-0.15, -0.1) is 0 Å². The molecule has 0 spiro atoms. The highest BCUT2D eigenvalue weighted by Crippen LogP contribution is 2.20. The summed E-state index contributed by atoms with van der Waals surface area (Å²) in [6.45, 7) is 6.02. The number of aromatic nitrogens is 3. The number of hydrogen-bond acceptors (Lipinski definition) is 5. The molecular weight excluding hydrogens is 372 g/mol. The molecule has 0 aliphatic heterocycles. The van der Waals surface area contributed by atoms with Gasteiger partial charge in [-0.2, -0.15) is 0 Å². The molecule has 3 aromatic rings. The third kappa shape index (κ3) is 4.59. The maximum atomic E-state index is 13.1. The minimum Gasteiger partial charge on any atom is -0.353 e. The van der Waals surface area contributed by atoms with Gasteiger partial charge in [-0.25, -0.2) is 14.5 Å². The number of thioether (sulfide) groups is 1. The van der Waals surface area contributed by atoms with Crippen LogP contribution in [0.5, 0.6) is 0 Å². The van der Waals surface area contributed by atoms with Gasteiger partial charge < -0.3 is 5.32 Å². The Balaban J connectivity index is 1.97. The molecule has 7 heteroatoms. The van der Waals surface area contributed by atoms with E-state index in [0.29, 0.717) is 21.9 Å². The summed E-state index contributed by atoms with van der Waals surface area (Å²) in [5.41, 5.74) is 1.41. The number of nitrogens with one attached hydrogen (secondary N) is 1. The van der Waals surface area contributed by atoms with Crippen LogP contribution in [0.25, 0.3) is 16.7 Å². The van der Waals surface area contributed by atoms with Gasteiger partial charge >= 0.3 is 0 Å². The van der Waals surface area contributed by atoms with E-state index in [-0.39, 0.29) is 23.3 Å². The lowest BCUT2D eigenvalue weighted by atomic mass is 10.2. The van der Waals surface area contributed by atoms with Gasteiger partial charge in [0.1, 0.15) is 5.82 Å². The lowest BCUT2D eigenvalue weighted by Gasteiger charge is -2.14. The van der Waals surface area contributed by atoms with Crippen molar-refractivity contribution < 1.29 is 4.79 Å². The second kappa shape index (κ2) is 9.01. The number of nitrogens with zero attached hydrogens (tertiary/aromatic N) is 3. The lowest BCUT2D eigenvalue weighted by molar-refractivity contribution is -0.119. The molecule has 1 atom stereocenters. The van der Waals surface area contributed by atoms with E-state index >= 15 is 0 Å². The maximum absolute atomic E-state index is 13.1. The molecule has 6 nitrogen and oxygen atoms in total. The monoisotopic (exact) mass is 396 g/mol. The molecule has 28 heavy (non-hydrogen) atoms. The Morgan fingerprint density at radius 1 is 1.29 bits per heavy atom. The predicted octanol–water partition coefficient (Wildman–Crippen LogP) is 3.49. The van der Waals surface area contributed by atoms with Crippen LogP contribution in [0.4, 0.5) is 0 Å². The number of benzene rings is 1. The second-order valence-electron chi connectivity index (χ2n) is 6.79. The Hall–Kier alpha value is -2.67. The zero-order chi connectivity index (χ0) is 20.1. The van der Waals surface area contributed by atoms with Crippen LogP contribution in [0.15, 0.2) is 52.5 Å². The molecule has 0 aliphatic rings. The largest absolute Gasteiger partial charge is 0.353 e. The zero-order valence-corrected chi connectivity index (χ0v) is 17.1. The number of carbonyl (C=O) groups is 1. The maximum Gasteiger partial charge on any atom is 0.267 e. The first-order valence-corrected chi connectivity index (χ1v) is 10.3. The molecule has 1 aromatic carbocycles. The van der Waals surface area contributed by atoms with Crippen molar-refractivity contribution in [2.75, 3.05) is 5.75 Å². The Morgan fingerprint density at radius 3 is 2.82 bits per heavy atom. The van der Waals surface area contributed by atoms with Crippen LogP contribution in [0.3, 0.4) is 0 Å². The highest BCUT2D eigenvalue weighted by atomic mass is 32.2. The summed E-state index contributed by atoms with van der Waals surface area (Å²) in [6, 6.07) is 11.1. The summed E-state index contributed by atoms with van der Waals surface area (Å²) >= 11 is 1.24. The number of para-hydroxylation sites is 1. The van der Waals surface area contributed by atoms with Crippen LogP contribution >= 0.6 is 11.8 Å². The van der Waals surface area contributed by atoms with Crippen LogP contribution in [-0.4, -0.2) is 32.2 Å². The summed E-state index contributed by atoms with van der Waals surface area (Å²) in [5, 5.41) is 3.96. The Bertz CT molecular complexity index is 1050. The normalized spacial score (nSPS) is 12.1. The van der Waals surface area contributed by atoms with Crippen LogP contribution in [0, 0.1) is 6.92 Å². The lowest BCUT2D eigenvalue weighted by Crippen LogP contribution is -2.34. The molecule has 0 aliphatic carbocycles. The summed E-state index contributed by atoms with van der Waals surface area (Å²) in [4.78, 5) is 34.4. The number of rotatable bonds is 7. The highest BCUT2D eigenvalue weighted by Gasteiger charge is 2.16. The SMILES string of the molecule is CCCC(C)NC(=O)CSc1nc2ccccc2c(=O)n1-c1cc(C)ccn1. The van der Waals surface area contributed by atoms with Crippen molar-refractivity contribution in [3.63, 3.8) is 0 Å². The summed E-state index contributed by atoms with van der Waals surface area (Å²) < 4.78 is 1.49. The molecule has 2 heterocycles. The number of pyridine rings is 1. The quantitative estimate of drug-likeness (QED) is 0.489. The van der Waals surface area contributed by atoms with Gasteiger partial charge in [0.15, 0.2) is 5.16 Å². The zero-order valence-electron chi connectivity index (χ0n) is 16.3. The minimum atomic E-state index is -0.189. The van der Waals surface area contributed by atoms with Crippen LogP contribution < -0.4 is 10.9 Å².